The molecule has 0 spiro atoms. The van der Waals surface area contributed by atoms with E-state index in [2.05, 4.69) is 15.9 Å². The second-order valence-corrected chi connectivity index (χ2v) is 4.25. The van der Waals surface area contributed by atoms with Gasteiger partial charge in [-0.1, -0.05) is 15.9 Å². The van der Waals surface area contributed by atoms with Crippen molar-refractivity contribution in [3.05, 3.63) is 0 Å². The normalized spacial score (nSPS) is 33.5. The van der Waals surface area contributed by atoms with Crippen LogP contribution in [0.15, 0.2) is 0 Å². The molecule has 2 unspecified atom stereocenters. The summed E-state index contributed by atoms with van der Waals surface area (Å²) < 4.78 is 28.1. The van der Waals surface area contributed by atoms with E-state index in [1.165, 1.54) is 13.8 Å². The van der Waals surface area contributed by atoms with E-state index in [0.29, 0.717) is 0 Å². The van der Waals surface area contributed by atoms with Gasteiger partial charge in [0.2, 0.25) is 0 Å². The van der Waals surface area contributed by atoms with Crippen LogP contribution in [0.1, 0.15) is 13.8 Å². The summed E-state index contributed by atoms with van der Waals surface area (Å²) in [6.45, 7) is 2.27. The van der Waals surface area contributed by atoms with Crippen LogP contribution in [0.4, 0.5) is 4.39 Å². The van der Waals surface area contributed by atoms with Crippen molar-refractivity contribution in [1.82, 2.24) is 0 Å². The minimum atomic E-state index is -1.48. The average Bonchev–Trinajstić information content (AvgIpc) is 2.42. The van der Waals surface area contributed by atoms with Crippen molar-refractivity contribution < 1.29 is 28.2 Å². The second-order valence-electron chi connectivity index (χ2n) is 3.35. The van der Waals surface area contributed by atoms with Gasteiger partial charge in [-0.2, -0.15) is 0 Å². The number of halogens is 2. The summed E-state index contributed by atoms with van der Waals surface area (Å²) >= 11 is 2.95. The first-order chi connectivity index (χ1) is 7.41. The van der Waals surface area contributed by atoms with Crippen LogP contribution in [0.25, 0.3) is 0 Å². The lowest BCUT2D eigenvalue weighted by molar-refractivity contribution is -0.155. The van der Waals surface area contributed by atoms with Crippen LogP contribution >= 0.6 is 15.9 Å². The average molecular weight is 299 g/mol. The molecule has 0 aromatic rings. The van der Waals surface area contributed by atoms with Gasteiger partial charge in [0, 0.05) is 13.8 Å². The minimum absolute atomic E-state index is 0.143. The van der Waals surface area contributed by atoms with Gasteiger partial charge in [-0.15, -0.1) is 0 Å². The molecule has 0 N–H and O–H groups in total. The molecular formula is C9H12BrFO5. The first-order valence-electron chi connectivity index (χ1n) is 4.66. The van der Waals surface area contributed by atoms with Crippen molar-refractivity contribution in [2.45, 2.75) is 37.2 Å². The monoisotopic (exact) mass is 298 g/mol. The summed E-state index contributed by atoms with van der Waals surface area (Å²) in [5.41, 5.74) is 0. The SMILES string of the molecule is CC(=O)OC[C@H]1OC(Br)[C@@H](F)C1OC(C)=O. The molecule has 5 nitrogen and oxygen atoms in total. The first-order valence-corrected chi connectivity index (χ1v) is 5.57. The van der Waals surface area contributed by atoms with Gasteiger partial charge < -0.3 is 14.2 Å². The van der Waals surface area contributed by atoms with Crippen molar-refractivity contribution >= 4 is 27.9 Å². The van der Waals surface area contributed by atoms with Crippen LogP contribution in [0.5, 0.6) is 0 Å². The van der Waals surface area contributed by atoms with Crippen molar-refractivity contribution in [3.8, 4) is 0 Å². The van der Waals surface area contributed by atoms with Crippen molar-refractivity contribution in [3.63, 3.8) is 0 Å². The Kier molecular flexibility index (Phi) is 4.67. The fourth-order valence-corrected chi connectivity index (χ4v) is 1.92. The number of ether oxygens (including phenoxy) is 3. The molecule has 1 saturated heterocycles. The number of carbonyl (C=O) groups excluding carboxylic acids is 2. The van der Waals surface area contributed by atoms with Gasteiger partial charge in [0.15, 0.2) is 12.3 Å². The number of rotatable bonds is 3. The van der Waals surface area contributed by atoms with E-state index in [-0.39, 0.29) is 6.61 Å². The number of carbonyl (C=O) groups is 2. The fraction of sp³-hybridized carbons (Fsp3) is 0.778. The van der Waals surface area contributed by atoms with E-state index in [1.807, 2.05) is 0 Å². The Labute approximate surface area is 100 Å². The molecule has 92 valence electrons. The molecule has 1 heterocycles. The van der Waals surface area contributed by atoms with E-state index in [4.69, 9.17) is 14.2 Å². The van der Waals surface area contributed by atoms with Gasteiger partial charge in [-0.25, -0.2) is 4.39 Å². The molecule has 0 aliphatic carbocycles. The molecule has 0 bridgehead atoms. The van der Waals surface area contributed by atoms with Crippen LogP contribution in [0.2, 0.25) is 0 Å². The summed E-state index contributed by atoms with van der Waals surface area (Å²) in [6.07, 6.45) is -3.32. The molecule has 0 aromatic carbocycles. The molecule has 0 aromatic heterocycles. The van der Waals surface area contributed by atoms with Gasteiger partial charge in [0.25, 0.3) is 0 Å². The number of alkyl halides is 2. The highest BCUT2D eigenvalue weighted by Crippen LogP contribution is 2.30. The molecule has 16 heavy (non-hydrogen) atoms. The summed E-state index contributed by atoms with van der Waals surface area (Å²) in [6, 6.07) is 0. The molecular weight excluding hydrogens is 287 g/mol. The van der Waals surface area contributed by atoms with E-state index >= 15 is 0 Å². The number of hydrogen-bond acceptors (Lipinski definition) is 5. The highest BCUT2D eigenvalue weighted by molar-refractivity contribution is 9.09. The second kappa shape index (κ2) is 5.58. The number of esters is 2. The standard InChI is InChI=1S/C9H12BrFO5/c1-4(12)14-3-6-8(15-5(2)13)7(11)9(10)16-6/h6-9H,3H2,1-2H3/t6-,7+,8?,9?/m1/s1. The summed E-state index contributed by atoms with van der Waals surface area (Å²) in [5.74, 6) is -1.11. The minimum Gasteiger partial charge on any atom is -0.463 e. The molecule has 0 amide bonds. The van der Waals surface area contributed by atoms with Crippen molar-refractivity contribution in [2.24, 2.45) is 0 Å². The van der Waals surface area contributed by atoms with E-state index in [0.717, 1.165) is 0 Å². The Morgan fingerprint density at radius 1 is 1.38 bits per heavy atom. The van der Waals surface area contributed by atoms with Crippen molar-refractivity contribution in [2.75, 3.05) is 6.61 Å². The van der Waals surface area contributed by atoms with Gasteiger partial charge in [0.1, 0.15) is 17.7 Å². The highest BCUT2D eigenvalue weighted by Gasteiger charge is 2.46. The molecule has 4 atom stereocenters. The molecule has 0 saturated carbocycles. The third-order valence-electron chi connectivity index (χ3n) is 1.99. The highest BCUT2D eigenvalue weighted by atomic mass is 79.9. The van der Waals surface area contributed by atoms with E-state index < -0.39 is 35.3 Å². The van der Waals surface area contributed by atoms with Crippen LogP contribution < -0.4 is 0 Å². The Morgan fingerprint density at radius 3 is 2.50 bits per heavy atom. The number of hydrogen-bond donors (Lipinski definition) is 0. The summed E-state index contributed by atoms with van der Waals surface area (Å²) in [5, 5.41) is -0.864. The smallest absolute Gasteiger partial charge is 0.303 e. The van der Waals surface area contributed by atoms with Crippen LogP contribution in [-0.4, -0.2) is 41.9 Å². The maximum Gasteiger partial charge on any atom is 0.303 e. The van der Waals surface area contributed by atoms with Crippen LogP contribution in [0.3, 0.4) is 0 Å². The van der Waals surface area contributed by atoms with Gasteiger partial charge in [-0.05, 0) is 0 Å². The zero-order valence-electron chi connectivity index (χ0n) is 8.81. The first kappa shape index (κ1) is 13.4. The third kappa shape index (κ3) is 3.41. The van der Waals surface area contributed by atoms with Gasteiger partial charge >= 0.3 is 11.9 Å². The summed E-state index contributed by atoms with van der Waals surface area (Å²) in [7, 11) is 0. The van der Waals surface area contributed by atoms with E-state index in [9.17, 15) is 14.0 Å². The van der Waals surface area contributed by atoms with Crippen molar-refractivity contribution in [1.29, 1.82) is 0 Å². The zero-order valence-corrected chi connectivity index (χ0v) is 10.4. The van der Waals surface area contributed by atoms with Gasteiger partial charge in [-0.3, -0.25) is 9.59 Å². The topological polar surface area (TPSA) is 61.8 Å². The Bertz CT molecular complexity index is 285. The molecule has 0 radical (unpaired) electrons. The largest absolute Gasteiger partial charge is 0.463 e. The predicted molar refractivity (Wildman–Crippen MR) is 54.7 cm³/mol. The molecule has 1 fully saturated rings. The van der Waals surface area contributed by atoms with E-state index in [1.54, 1.807) is 0 Å². The molecule has 1 aliphatic heterocycles. The molecule has 1 aliphatic rings. The predicted octanol–water partition coefficient (Wildman–Crippen LogP) is 0.939. The van der Waals surface area contributed by atoms with Crippen LogP contribution in [0, 0.1) is 0 Å². The Balaban J connectivity index is 2.59. The Hall–Kier alpha value is -0.690. The summed E-state index contributed by atoms with van der Waals surface area (Å²) in [4.78, 5) is 21.4. The fourth-order valence-electron chi connectivity index (χ4n) is 1.34. The van der Waals surface area contributed by atoms with Crippen LogP contribution in [-0.2, 0) is 23.8 Å². The van der Waals surface area contributed by atoms with Gasteiger partial charge in [0.05, 0.1) is 0 Å². The molecule has 7 heteroatoms. The third-order valence-corrected chi connectivity index (χ3v) is 2.71. The lowest BCUT2D eigenvalue weighted by atomic mass is 10.2. The maximum absolute atomic E-state index is 13.5. The quantitative estimate of drug-likeness (QED) is 0.573. The Morgan fingerprint density at radius 2 is 2.00 bits per heavy atom. The maximum atomic E-state index is 13.5. The lowest BCUT2D eigenvalue weighted by Crippen LogP contribution is -2.36. The zero-order chi connectivity index (χ0) is 12.3. The lowest BCUT2D eigenvalue weighted by Gasteiger charge is -2.18. The molecule has 1 rings (SSSR count).